The molecule has 0 radical (unpaired) electrons. The second kappa shape index (κ2) is 6.39. The quantitative estimate of drug-likeness (QED) is 0.796. The Bertz CT molecular complexity index is 449. The Balaban J connectivity index is 2.69. The molecule has 98 valence electrons. The van der Waals surface area contributed by atoms with E-state index in [1.54, 1.807) is 13.0 Å². The van der Waals surface area contributed by atoms with Gasteiger partial charge in [0.05, 0.1) is 5.25 Å². The minimum Gasteiger partial charge on any atom is -0.477 e. The average Bonchev–Trinajstić information content (AvgIpc) is 2.28. The molecular formula is C12H16N2O3S. The zero-order chi connectivity index (χ0) is 13.7. The van der Waals surface area contributed by atoms with Crippen LogP contribution in [0.2, 0.25) is 0 Å². The summed E-state index contributed by atoms with van der Waals surface area (Å²) in [5, 5.41) is 11.3. The first-order valence-electron chi connectivity index (χ1n) is 5.56. The van der Waals surface area contributed by atoms with Gasteiger partial charge in [0.25, 0.3) is 0 Å². The SMILES string of the molecule is CC(C)NC(=O)C(C)Sc1ccnc(C(=O)O)c1. The van der Waals surface area contributed by atoms with E-state index in [1.165, 1.54) is 24.0 Å². The second-order valence-electron chi connectivity index (χ2n) is 4.11. The summed E-state index contributed by atoms with van der Waals surface area (Å²) < 4.78 is 0. The Morgan fingerprint density at radius 3 is 2.61 bits per heavy atom. The van der Waals surface area contributed by atoms with Crippen molar-refractivity contribution in [3.8, 4) is 0 Å². The number of rotatable bonds is 5. The maximum atomic E-state index is 11.7. The summed E-state index contributed by atoms with van der Waals surface area (Å²) in [7, 11) is 0. The molecule has 1 amide bonds. The number of nitrogens with one attached hydrogen (secondary N) is 1. The second-order valence-corrected chi connectivity index (χ2v) is 5.52. The first-order valence-corrected chi connectivity index (χ1v) is 6.44. The summed E-state index contributed by atoms with van der Waals surface area (Å²) in [5.41, 5.74) is -0.0172. The van der Waals surface area contributed by atoms with E-state index in [4.69, 9.17) is 5.11 Å². The Morgan fingerprint density at radius 1 is 1.39 bits per heavy atom. The molecule has 1 aromatic heterocycles. The van der Waals surface area contributed by atoms with Crippen LogP contribution < -0.4 is 5.32 Å². The van der Waals surface area contributed by atoms with Crippen molar-refractivity contribution in [2.75, 3.05) is 0 Å². The minimum absolute atomic E-state index is 0.0172. The van der Waals surface area contributed by atoms with Gasteiger partial charge in [0.1, 0.15) is 5.69 Å². The Morgan fingerprint density at radius 2 is 2.06 bits per heavy atom. The molecule has 5 nitrogen and oxygen atoms in total. The van der Waals surface area contributed by atoms with Crippen LogP contribution in [0.25, 0.3) is 0 Å². The van der Waals surface area contributed by atoms with E-state index in [1.807, 2.05) is 13.8 Å². The molecule has 1 rings (SSSR count). The van der Waals surface area contributed by atoms with Gasteiger partial charge in [-0.1, -0.05) is 0 Å². The summed E-state index contributed by atoms with van der Waals surface area (Å²) in [6, 6.07) is 3.25. The van der Waals surface area contributed by atoms with E-state index >= 15 is 0 Å². The van der Waals surface area contributed by atoms with Crippen LogP contribution in [0.1, 0.15) is 31.3 Å². The lowest BCUT2D eigenvalue weighted by molar-refractivity contribution is -0.120. The lowest BCUT2D eigenvalue weighted by Gasteiger charge is -2.14. The summed E-state index contributed by atoms with van der Waals surface area (Å²) in [4.78, 5) is 26.9. The first kappa shape index (κ1) is 14.5. The number of hydrogen-bond donors (Lipinski definition) is 2. The fraction of sp³-hybridized carbons (Fsp3) is 0.417. The number of aromatic carboxylic acids is 1. The Labute approximate surface area is 110 Å². The molecule has 0 fully saturated rings. The van der Waals surface area contributed by atoms with Gasteiger partial charge in [-0.3, -0.25) is 4.79 Å². The Hall–Kier alpha value is -1.56. The number of carboxylic acid groups (broad SMARTS) is 1. The monoisotopic (exact) mass is 268 g/mol. The van der Waals surface area contributed by atoms with E-state index in [-0.39, 0.29) is 22.9 Å². The number of thioether (sulfide) groups is 1. The van der Waals surface area contributed by atoms with Crippen molar-refractivity contribution in [2.45, 2.75) is 37.0 Å². The average molecular weight is 268 g/mol. The third-order valence-electron chi connectivity index (χ3n) is 2.06. The highest BCUT2D eigenvalue weighted by Gasteiger charge is 2.16. The van der Waals surface area contributed by atoms with Crippen molar-refractivity contribution < 1.29 is 14.7 Å². The molecule has 0 aliphatic heterocycles. The van der Waals surface area contributed by atoms with Crippen LogP contribution in [-0.4, -0.2) is 33.3 Å². The molecule has 0 aliphatic carbocycles. The lowest BCUT2D eigenvalue weighted by atomic mass is 10.3. The van der Waals surface area contributed by atoms with Gasteiger partial charge >= 0.3 is 5.97 Å². The van der Waals surface area contributed by atoms with Gasteiger partial charge in [0.15, 0.2) is 0 Å². The van der Waals surface area contributed by atoms with Crippen LogP contribution in [0.5, 0.6) is 0 Å². The lowest BCUT2D eigenvalue weighted by Crippen LogP contribution is -2.35. The highest BCUT2D eigenvalue weighted by atomic mass is 32.2. The molecule has 0 spiro atoms. The van der Waals surface area contributed by atoms with Crippen molar-refractivity contribution in [3.63, 3.8) is 0 Å². The number of amides is 1. The van der Waals surface area contributed by atoms with Crippen molar-refractivity contribution in [3.05, 3.63) is 24.0 Å². The molecule has 0 bridgehead atoms. The van der Waals surface area contributed by atoms with Gasteiger partial charge in [-0.05, 0) is 32.9 Å². The molecule has 1 aromatic rings. The number of carboxylic acids is 1. The largest absolute Gasteiger partial charge is 0.477 e. The standard InChI is InChI=1S/C12H16N2O3S/c1-7(2)14-11(15)8(3)18-9-4-5-13-10(6-9)12(16)17/h4-8H,1-3H3,(H,14,15)(H,16,17). The predicted molar refractivity (Wildman–Crippen MR) is 69.8 cm³/mol. The minimum atomic E-state index is -1.07. The van der Waals surface area contributed by atoms with Gasteiger partial charge in [0, 0.05) is 17.1 Å². The van der Waals surface area contributed by atoms with Crippen LogP contribution in [-0.2, 0) is 4.79 Å². The molecular weight excluding hydrogens is 252 g/mol. The summed E-state index contributed by atoms with van der Waals surface area (Å²) in [5.74, 6) is -1.14. The van der Waals surface area contributed by atoms with Crippen LogP contribution >= 0.6 is 11.8 Å². The van der Waals surface area contributed by atoms with Crippen LogP contribution in [0.15, 0.2) is 23.2 Å². The first-order chi connectivity index (χ1) is 8.40. The molecule has 2 N–H and O–H groups in total. The van der Waals surface area contributed by atoms with E-state index in [2.05, 4.69) is 10.3 Å². The molecule has 1 unspecified atom stereocenters. The van der Waals surface area contributed by atoms with Crippen molar-refractivity contribution >= 4 is 23.6 Å². The van der Waals surface area contributed by atoms with Gasteiger partial charge in [-0.25, -0.2) is 9.78 Å². The van der Waals surface area contributed by atoms with E-state index in [0.29, 0.717) is 4.90 Å². The Kier molecular flexibility index (Phi) is 5.15. The number of pyridine rings is 1. The van der Waals surface area contributed by atoms with E-state index < -0.39 is 5.97 Å². The van der Waals surface area contributed by atoms with Gasteiger partial charge < -0.3 is 10.4 Å². The summed E-state index contributed by atoms with van der Waals surface area (Å²) in [6.45, 7) is 5.57. The topological polar surface area (TPSA) is 79.3 Å². The zero-order valence-corrected chi connectivity index (χ0v) is 11.3. The smallest absolute Gasteiger partial charge is 0.354 e. The van der Waals surface area contributed by atoms with Crippen LogP contribution in [0, 0.1) is 0 Å². The molecule has 6 heteroatoms. The van der Waals surface area contributed by atoms with E-state index in [9.17, 15) is 9.59 Å². The fourth-order valence-electron chi connectivity index (χ4n) is 1.26. The number of hydrogen-bond acceptors (Lipinski definition) is 4. The molecule has 0 aromatic carbocycles. The fourth-order valence-corrected chi connectivity index (χ4v) is 2.16. The molecule has 1 heterocycles. The normalized spacial score (nSPS) is 12.2. The van der Waals surface area contributed by atoms with Crippen molar-refractivity contribution in [1.29, 1.82) is 0 Å². The number of carbonyl (C=O) groups is 2. The third-order valence-corrected chi connectivity index (χ3v) is 3.16. The number of aromatic nitrogens is 1. The van der Waals surface area contributed by atoms with E-state index in [0.717, 1.165) is 0 Å². The predicted octanol–water partition coefficient (Wildman–Crippen LogP) is 1.78. The van der Waals surface area contributed by atoms with Crippen molar-refractivity contribution in [1.82, 2.24) is 10.3 Å². The molecule has 0 saturated carbocycles. The molecule has 0 aliphatic rings. The van der Waals surface area contributed by atoms with Crippen LogP contribution in [0.4, 0.5) is 0 Å². The van der Waals surface area contributed by atoms with Gasteiger partial charge in [-0.15, -0.1) is 11.8 Å². The maximum Gasteiger partial charge on any atom is 0.354 e. The summed E-state index contributed by atoms with van der Waals surface area (Å²) >= 11 is 1.31. The molecule has 1 atom stereocenters. The van der Waals surface area contributed by atoms with Gasteiger partial charge in [-0.2, -0.15) is 0 Å². The maximum absolute atomic E-state index is 11.7. The third kappa shape index (κ3) is 4.37. The van der Waals surface area contributed by atoms with Crippen molar-refractivity contribution in [2.24, 2.45) is 0 Å². The summed E-state index contributed by atoms with van der Waals surface area (Å²) in [6.07, 6.45) is 1.43. The molecule has 18 heavy (non-hydrogen) atoms. The number of carbonyl (C=O) groups excluding carboxylic acids is 1. The van der Waals surface area contributed by atoms with Gasteiger partial charge in [0.2, 0.25) is 5.91 Å². The highest BCUT2D eigenvalue weighted by Crippen LogP contribution is 2.23. The highest BCUT2D eigenvalue weighted by molar-refractivity contribution is 8.00. The van der Waals surface area contributed by atoms with Crippen LogP contribution in [0.3, 0.4) is 0 Å². The number of nitrogens with zero attached hydrogens (tertiary/aromatic N) is 1. The zero-order valence-electron chi connectivity index (χ0n) is 10.5. The molecule has 0 saturated heterocycles.